The Bertz CT molecular complexity index is 848. The highest BCUT2D eigenvalue weighted by Crippen LogP contribution is 2.32. The van der Waals surface area contributed by atoms with Gasteiger partial charge in [0.2, 0.25) is 6.04 Å². The van der Waals surface area contributed by atoms with Crippen molar-refractivity contribution in [1.29, 1.82) is 0 Å². The van der Waals surface area contributed by atoms with Gasteiger partial charge in [0.1, 0.15) is 5.82 Å². The zero-order valence-electron chi connectivity index (χ0n) is 11.9. The van der Waals surface area contributed by atoms with Crippen LogP contribution in [0.1, 0.15) is 11.1 Å². The molecule has 3 nitrogen and oxygen atoms in total. The molecule has 0 bridgehead atoms. The van der Waals surface area contributed by atoms with Crippen LogP contribution in [0.4, 0.5) is 23.2 Å². The van der Waals surface area contributed by atoms with Gasteiger partial charge in [-0.1, -0.05) is 23.7 Å². The molecule has 3 rings (SSSR count). The van der Waals surface area contributed by atoms with Crippen LogP contribution in [-0.4, -0.2) is 23.8 Å². The van der Waals surface area contributed by atoms with Crippen LogP contribution in [0.25, 0.3) is 0 Å². The zero-order valence-corrected chi connectivity index (χ0v) is 12.6. The minimum atomic E-state index is -4.91. The second-order valence-corrected chi connectivity index (χ2v) is 5.52. The number of nitrogens with one attached hydrogen (secondary N) is 1. The smallest absolute Gasteiger partial charge is 0.323 e. The lowest BCUT2D eigenvalue weighted by Crippen LogP contribution is -2.38. The van der Waals surface area contributed by atoms with E-state index < -0.39 is 23.9 Å². The number of benzene rings is 2. The molecule has 0 aromatic heterocycles. The topological polar surface area (TPSA) is 41.5 Å². The summed E-state index contributed by atoms with van der Waals surface area (Å²) in [6.07, 6.45) is -4.91. The molecule has 24 heavy (non-hydrogen) atoms. The van der Waals surface area contributed by atoms with E-state index in [0.717, 1.165) is 6.07 Å². The molecular weight excluding hydrogens is 348 g/mol. The van der Waals surface area contributed by atoms with Gasteiger partial charge in [-0.25, -0.2) is 4.39 Å². The average molecular weight is 357 g/mol. The van der Waals surface area contributed by atoms with Crippen molar-refractivity contribution in [1.82, 2.24) is 0 Å². The molecule has 0 aliphatic carbocycles. The van der Waals surface area contributed by atoms with E-state index in [2.05, 4.69) is 10.3 Å². The minimum absolute atomic E-state index is 0.0816. The van der Waals surface area contributed by atoms with Gasteiger partial charge < -0.3 is 5.32 Å². The number of nitrogens with zero attached hydrogens (tertiary/aromatic N) is 1. The minimum Gasteiger partial charge on any atom is -0.323 e. The number of amides is 1. The number of carbonyl (C=O) groups is 1. The third-order valence-electron chi connectivity index (χ3n) is 3.44. The summed E-state index contributed by atoms with van der Waals surface area (Å²) in [5, 5.41) is 2.39. The molecule has 1 heterocycles. The summed E-state index contributed by atoms with van der Waals surface area (Å²) >= 11 is 5.90. The van der Waals surface area contributed by atoms with E-state index in [4.69, 9.17) is 11.6 Å². The van der Waals surface area contributed by atoms with E-state index in [1.165, 1.54) is 36.4 Å². The first-order valence-corrected chi connectivity index (χ1v) is 7.15. The Labute approximate surface area is 139 Å². The molecule has 1 N–H and O–H groups in total. The third kappa shape index (κ3) is 2.99. The Morgan fingerprint density at radius 2 is 1.79 bits per heavy atom. The summed E-state index contributed by atoms with van der Waals surface area (Å²) in [5.41, 5.74) is -0.233. The van der Waals surface area contributed by atoms with Crippen LogP contribution in [-0.2, 0) is 4.79 Å². The Hall–Kier alpha value is -2.41. The van der Waals surface area contributed by atoms with Gasteiger partial charge in [-0.3, -0.25) is 9.79 Å². The summed E-state index contributed by atoms with van der Waals surface area (Å²) in [6.45, 7) is 0. The standard InChI is InChI=1S/C16H9ClF4N2O/c17-8-5-6-12-10(7-8)13(9-3-1-2-4-11(9)18)23-14(15(24)22-12)16(19,20)21/h1-7,14H,(H,22,24). The Morgan fingerprint density at radius 1 is 1.08 bits per heavy atom. The molecule has 0 saturated heterocycles. The highest BCUT2D eigenvalue weighted by molar-refractivity contribution is 6.32. The first-order valence-electron chi connectivity index (χ1n) is 6.77. The summed E-state index contributed by atoms with van der Waals surface area (Å²) in [5.74, 6) is -2.09. The molecule has 2 aromatic rings. The summed E-state index contributed by atoms with van der Waals surface area (Å²) in [7, 11) is 0. The van der Waals surface area contributed by atoms with Crippen molar-refractivity contribution < 1.29 is 22.4 Å². The second kappa shape index (κ2) is 5.90. The molecule has 0 saturated carbocycles. The fourth-order valence-electron chi connectivity index (χ4n) is 2.37. The summed E-state index contributed by atoms with van der Waals surface area (Å²) in [6, 6.07) is 6.72. The number of halogens is 5. The number of alkyl halides is 3. The van der Waals surface area contributed by atoms with Crippen molar-refractivity contribution >= 4 is 28.9 Å². The molecule has 8 heteroatoms. The molecular formula is C16H9ClF4N2O. The number of hydrogen-bond donors (Lipinski definition) is 1. The number of hydrogen-bond acceptors (Lipinski definition) is 2. The van der Waals surface area contributed by atoms with Gasteiger partial charge in [-0.05, 0) is 30.3 Å². The molecule has 124 valence electrons. The Morgan fingerprint density at radius 3 is 2.46 bits per heavy atom. The maximum atomic E-state index is 14.1. The van der Waals surface area contributed by atoms with Crippen molar-refractivity contribution in [3.8, 4) is 0 Å². The van der Waals surface area contributed by atoms with Crippen LogP contribution in [0.5, 0.6) is 0 Å². The largest absolute Gasteiger partial charge is 0.419 e. The predicted molar refractivity (Wildman–Crippen MR) is 82.0 cm³/mol. The maximum Gasteiger partial charge on any atom is 0.419 e. The van der Waals surface area contributed by atoms with Crippen LogP contribution < -0.4 is 5.32 Å². The number of fused-ring (bicyclic) bond motifs is 1. The van der Waals surface area contributed by atoms with Crippen molar-refractivity contribution in [2.24, 2.45) is 4.99 Å². The van der Waals surface area contributed by atoms with Crippen LogP contribution in [0.2, 0.25) is 5.02 Å². The molecule has 1 aliphatic heterocycles. The number of anilines is 1. The van der Waals surface area contributed by atoms with Gasteiger partial charge in [-0.15, -0.1) is 0 Å². The second-order valence-electron chi connectivity index (χ2n) is 5.08. The number of carbonyl (C=O) groups excluding carboxylic acids is 1. The highest BCUT2D eigenvalue weighted by Gasteiger charge is 2.46. The van der Waals surface area contributed by atoms with Crippen LogP contribution >= 0.6 is 11.6 Å². The van der Waals surface area contributed by atoms with Gasteiger partial charge >= 0.3 is 6.18 Å². The van der Waals surface area contributed by atoms with Gasteiger partial charge in [-0.2, -0.15) is 13.2 Å². The first kappa shape index (κ1) is 16.4. The van der Waals surface area contributed by atoms with Gasteiger partial charge in [0.15, 0.2) is 0 Å². The third-order valence-corrected chi connectivity index (χ3v) is 3.68. The van der Waals surface area contributed by atoms with Gasteiger partial charge in [0, 0.05) is 16.1 Å². The fourth-order valence-corrected chi connectivity index (χ4v) is 2.54. The fraction of sp³-hybridized carbons (Fsp3) is 0.125. The van der Waals surface area contributed by atoms with Crippen molar-refractivity contribution in [3.63, 3.8) is 0 Å². The Kier molecular flexibility index (Phi) is 4.04. The lowest BCUT2D eigenvalue weighted by atomic mass is 10.00. The number of aliphatic imine (C=N–C) groups is 1. The predicted octanol–water partition coefficient (Wildman–Crippen LogP) is 4.20. The summed E-state index contributed by atoms with van der Waals surface area (Å²) < 4.78 is 53.7. The van der Waals surface area contributed by atoms with E-state index in [1.807, 2.05) is 0 Å². The van der Waals surface area contributed by atoms with Crippen LogP contribution in [0.3, 0.4) is 0 Å². The summed E-state index contributed by atoms with van der Waals surface area (Å²) in [4.78, 5) is 15.4. The van der Waals surface area contributed by atoms with Gasteiger partial charge in [0.05, 0.1) is 11.4 Å². The molecule has 2 aromatic carbocycles. The monoisotopic (exact) mass is 356 g/mol. The van der Waals surface area contributed by atoms with E-state index in [-0.39, 0.29) is 27.5 Å². The van der Waals surface area contributed by atoms with Crippen molar-refractivity contribution in [3.05, 3.63) is 64.4 Å². The zero-order chi connectivity index (χ0) is 17.5. The average Bonchev–Trinajstić information content (AvgIpc) is 2.64. The molecule has 1 unspecified atom stereocenters. The van der Waals surface area contributed by atoms with Crippen LogP contribution in [0.15, 0.2) is 47.5 Å². The molecule has 0 spiro atoms. The molecule has 0 fully saturated rings. The lowest BCUT2D eigenvalue weighted by Gasteiger charge is -2.14. The maximum absolute atomic E-state index is 14.1. The number of rotatable bonds is 1. The van der Waals surface area contributed by atoms with Crippen molar-refractivity contribution in [2.75, 3.05) is 5.32 Å². The van der Waals surface area contributed by atoms with Crippen LogP contribution in [0, 0.1) is 5.82 Å². The normalized spacial score (nSPS) is 17.6. The van der Waals surface area contributed by atoms with E-state index in [1.54, 1.807) is 0 Å². The molecule has 0 radical (unpaired) electrons. The van der Waals surface area contributed by atoms with E-state index in [9.17, 15) is 22.4 Å². The highest BCUT2D eigenvalue weighted by atomic mass is 35.5. The first-order chi connectivity index (χ1) is 11.3. The van der Waals surface area contributed by atoms with E-state index in [0.29, 0.717) is 0 Å². The van der Waals surface area contributed by atoms with Crippen molar-refractivity contribution in [2.45, 2.75) is 12.2 Å². The molecule has 1 aliphatic rings. The van der Waals surface area contributed by atoms with E-state index >= 15 is 0 Å². The molecule has 1 atom stereocenters. The Balaban J connectivity index is 2.29. The SMILES string of the molecule is O=C1Nc2ccc(Cl)cc2C(c2ccccc2F)=NC1C(F)(F)F. The number of benzodiazepines with no additional fused rings is 1. The van der Waals surface area contributed by atoms with Gasteiger partial charge in [0.25, 0.3) is 5.91 Å². The quantitative estimate of drug-likeness (QED) is 0.764. The lowest BCUT2D eigenvalue weighted by molar-refractivity contribution is -0.158. The molecule has 1 amide bonds.